The van der Waals surface area contributed by atoms with Gasteiger partial charge in [0, 0.05) is 18.7 Å². The monoisotopic (exact) mass is 318 g/mol. The average molecular weight is 318 g/mol. The largest absolute Gasteiger partial charge is 0.328 e. The maximum absolute atomic E-state index is 11.5. The minimum atomic E-state index is -0.364. The van der Waals surface area contributed by atoms with Gasteiger partial charge in [-0.1, -0.05) is 0 Å². The van der Waals surface area contributed by atoms with E-state index in [1.807, 2.05) is 0 Å². The number of carbonyl (C=O) groups is 2. The molecule has 0 aromatic carbocycles. The zero-order valence-electron chi connectivity index (χ0n) is 12.1. The van der Waals surface area contributed by atoms with E-state index in [4.69, 9.17) is 5.73 Å². The Bertz CT molecular complexity index is 624. The molecular weight excluding hydrogens is 300 g/mol. The van der Waals surface area contributed by atoms with Crippen molar-refractivity contribution in [3.8, 4) is 0 Å². The number of hydrogen-bond donors (Lipinski definition) is 2. The predicted octanol–water partition coefficient (Wildman–Crippen LogP) is 1.86. The lowest BCUT2D eigenvalue weighted by molar-refractivity contribution is -0.115. The summed E-state index contributed by atoms with van der Waals surface area (Å²) in [6.45, 7) is 0. The molecule has 1 saturated heterocycles. The molecule has 0 bridgehead atoms. The summed E-state index contributed by atoms with van der Waals surface area (Å²) in [4.78, 5) is 31.9. The van der Waals surface area contributed by atoms with Crippen molar-refractivity contribution in [2.75, 3.05) is 0 Å². The van der Waals surface area contributed by atoms with Crippen LogP contribution in [0.5, 0.6) is 0 Å². The van der Waals surface area contributed by atoms with Crippen LogP contribution in [0.25, 0.3) is 6.08 Å². The van der Waals surface area contributed by atoms with Gasteiger partial charge in [-0.15, -0.1) is 0 Å². The number of thioether (sulfide) groups is 1. The first-order valence-electron chi connectivity index (χ1n) is 7.42. The summed E-state index contributed by atoms with van der Waals surface area (Å²) in [7, 11) is 0. The van der Waals surface area contributed by atoms with Gasteiger partial charge >= 0.3 is 0 Å². The van der Waals surface area contributed by atoms with Gasteiger partial charge in [-0.3, -0.25) is 14.9 Å². The number of carbonyl (C=O) groups excluding carboxylic acids is 2. The molecule has 2 heterocycles. The van der Waals surface area contributed by atoms with Crippen molar-refractivity contribution < 1.29 is 9.59 Å². The molecule has 0 radical (unpaired) electrons. The summed E-state index contributed by atoms with van der Waals surface area (Å²) in [6.07, 6.45) is 8.52. The highest BCUT2D eigenvalue weighted by Crippen LogP contribution is 2.27. The van der Waals surface area contributed by atoms with Crippen LogP contribution >= 0.6 is 11.8 Å². The Balaban J connectivity index is 1.69. The highest BCUT2D eigenvalue weighted by molar-refractivity contribution is 8.18. The van der Waals surface area contributed by atoms with Crippen LogP contribution in [0.4, 0.5) is 4.79 Å². The molecular formula is C15H18N4O2S. The van der Waals surface area contributed by atoms with E-state index in [-0.39, 0.29) is 11.1 Å². The van der Waals surface area contributed by atoms with Crippen molar-refractivity contribution in [2.24, 2.45) is 11.7 Å². The van der Waals surface area contributed by atoms with E-state index < -0.39 is 0 Å². The third-order valence-electron chi connectivity index (χ3n) is 4.01. The molecule has 3 N–H and O–H groups in total. The van der Waals surface area contributed by atoms with Crippen molar-refractivity contribution in [3.05, 3.63) is 28.7 Å². The third-order valence-corrected chi connectivity index (χ3v) is 4.82. The van der Waals surface area contributed by atoms with Gasteiger partial charge in [0.25, 0.3) is 11.1 Å². The average Bonchev–Trinajstić information content (AvgIpc) is 2.80. The molecule has 1 aromatic heterocycles. The van der Waals surface area contributed by atoms with Gasteiger partial charge in [-0.25, -0.2) is 9.97 Å². The summed E-state index contributed by atoms with van der Waals surface area (Å²) in [5.74, 6) is 0.995. The SMILES string of the molecule is NC1CCC(Cc2nccc(/C=C3\SC(=O)NC3=O)n2)CC1. The molecule has 3 rings (SSSR count). The number of imide groups is 1. The minimum Gasteiger partial charge on any atom is -0.328 e. The Morgan fingerprint density at radius 2 is 2.09 bits per heavy atom. The van der Waals surface area contributed by atoms with Crippen molar-refractivity contribution in [3.63, 3.8) is 0 Å². The van der Waals surface area contributed by atoms with E-state index in [0.717, 1.165) is 49.7 Å². The summed E-state index contributed by atoms with van der Waals surface area (Å²) in [5, 5.41) is 1.89. The van der Waals surface area contributed by atoms with E-state index in [2.05, 4.69) is 15.3 Å². The van der Waals surface area contributed by atoms with Gasteiger partial charge in [0.15, 0.2) is 0 Å². The van der Waals surface area contributed by atoms with E-state index >= 15 is 0 Å². The Morgan fingerprint density at radius 1 is 1.32 bits per heavy atom. The van der Waals surface area contributed by atoms with Crippen LogP contribution in [0.3, 0.4) is 0 Å². The molecule has 1 saturated carbocycles. The molecule has 22 heavy (non-hydrogen) atoms. The fourth-order valence-electron chi connectivity index (χ4n) is 2.80. The number of nitrogens with zero attached hydrogens (tertiary/aromatic N) is 2. The lowest BCUT2D eigenvalue weighted by atomic mass is 9.84. The molecule has 116 valence electrons. The first kappa shape index (κ1) is 15.2. The molecule has 6 nitrogen and oxygen atoms in total. The molecule has 1 aromatic rings. The minimum absolute atomic E-state index is 0.337. The zero-order valence-corrected chi connectivity index (χ0v) is 12.9. The van der Waals surface area contributed by atoms with Gasteiger partial charge in [0.05, 0.1) is 10.6 Å². The van der Waals surface area contributed by atoms with Crippen LogP contribution in [0, 0.1) is 5.92 Å². The number of rotatable bonds is 3. The molecule has 2 aliphatic rings. The van der Waals surface area contributed by atoms with E-state index in [0.29, 0.717) is 22.6 Å². The second kappa shape index (κ2) is 6.58. The molecule has 0 spiro atoms. The van der Waals surface area contributed by atoms with Crippen LogP contribution in [-0.2, 0) is 11.2 Å². The Labute approximate surface area is 133 Å². The summed E-state index contributed by atoms with van der Waals surface area (Å²) in [5.41, 5.74) is 6.58. The van der Waals surface area contributed by atoms with Crippen LogP contribution in [-0.4, -0.2) is 27.2 Å². The third kappa shape index (κ3) is 3.72. The lowest BCUT2D eigenvalue weighted by Crippen LogP contribution is -2.27. The number of nitrogens with two attached hydrogens (primary N) is 1. The normalized spacial score (nSPS) is 27.2. The molecule has 1 aliphatic carbocycles. The maximum Gasteiger partial charge on any atom is 0.290 e. The predicted molar refractivity (Wildman–Crippen MR) is 84.8 cm³/mol. The van der Waals surface area contributed by atoms with Gasteiger partial charge in [0.2, 0.25) is 0 Å². The Morgan fingerprint density at radius 3 is 2.77 bits per heavy atom. The van der Waals surface area contributed by atoms with Gasteiger partial charge in [-0.05, 0) is 55.5 Å². The van der Waals surface area contributed by atoms with Crippen molar-refractivity contribution in [2.45, 2.75) is 38.1 Å². The smallest absolute Gasteiger partial charge is 0.290 e. The van der Waals surface area contributed by atoms with Crippen LogP contribution in [0.15, 0.2) is 17.2 Å². The topological polar surface area (TPSA) is 98.0 Å². The molecule has 0 atom stereocenters. The quantitative estimate of drug-likeness (QED) is 0.826. The van der Waals surface area contributed by atoms with Crippen molar-refractivity contribution in [1.29, 1.82) is 0 Å². The molecule has 2 fully saturated rings. The molecule has 2 amide bonds. The Hall–Kier alpha value is -1.73. The molecule has 1 aliphatic heterocycles. The fraction of sp³-hybridized carbons (Fsp3) is 0.467. The Kier molecular flexibility index (Phi) is 4.54. The van der Waals surface area contributed by atoms with Crippen molar-refractivity contribution in [1.82, 2.24) is 15.3 Å². The lowest BCUT2D eigenvalue weighted by Gasteiger charge is -2.25. The van der Waals surface area contributed by atoms with Crippen LogP contribution < -0.4 is 11.1 Å². The number of hydrogen-bond acceptors (Lipinski definition) is 6. The molecule has 7 heteroatoms. The van der Waals surface area contributed by atoms with Gasteiger partial charge in [-0.2, -0.15) is 0 Å². The van der Waals surface area contributed by atoms with E-state index in [9.17, 15) is 9.59 Å². The zero-order chi connectivity index (χ0) is 15.5. The molecule has 0 unspecified atom stereocenters. The second-order valence-electron chi connectivity index (χ2n) is 5.73. The van der Waals surface area contributed by atoms with Crippen molar-refractivity contribution >= 4 is 29.0 Å². The van der Waals surface area contributed by atoms with Crippen LogP contribution in [0.1, 0.15) is 37.2 Å². The van der Waals surface area contributed by atoms with Gasteiger partial charge < -0.3 is 5.73 Å². The van der Waals surface area contributed by atoms with Gasteiger partial charge in [0.1, 0.15) is 5.82 Å². The number of amides is 2. The number of nitrogens with one attached hydrogen (secondary N) is 1. The highest BCUT2D eigenvalue weighted by Gasteiger charge is 2.25. The first-order valence-corrected chi connectivity index (χ1v) is 8.24. The maximum atomic E-state index is 11.5. The summed E-state index contributed by atoms with van der Waals surface area (Å²) in [6, 6.07) is 2.08. The second-order valence-corrected chi connectivity index (χ2v) is 6.75. The standard InChI is InChI=1S/C15H18N4O2S/c16-10-3-1-9(2-4-10)7-13-17-6-5-11(18-13)8-12-14(20)19-15(21)22-12/h5-6,8-10H,1-4,7,16H2,(H,19,20,21)/b12-8-. The van der Waals surface area contributed by atoms with E-state index in [1.54, 1.807) is 18.3 Å². The van der Waals surface area contributed by atoms with Crippen LogP contribution in [0.2, 0.25) is 0 Å². The summed E-state index contributed by atoms with van der Waals surface area (Å²) >= 11 is 0.897. The summed E-state index contributed by atoms with van der Waals surface area (Å²) < 4.78 is 0. The first-order chi connectivity index (χ1) is 10.6. The fourth-order valence-corrected chi connectivity index (χ4v) is 3.47. The highest BCUT2D eigenvalue weighted by atomic mass is 32.2. The van der Waals surface area contributed by atoms with E-state index in [1.165, 1.54) is 0 Å². The number of aromatic nitrogens is 2.